The summed E-state index contributed by atoms with van der Waals surface area (Å²) in [5.41, 5.74) is 6.99. The van der Waals surface area contributed by atoms with Gasteiger partial charge in [0.25, 0.3) is 0 Å². The van der Waals surface area contributed by atoms with Crippen molar-refractivity contribution in [3.05, 3.63) is 79.1 Å². The van der Waals surface area contributed by atoms with Gasteiger partial charge in [0.05, 0.1) is 22.8 Å². The Labute approximate surface area is 200 Å². The monoisotopic (exact) mass is 463 g/mol. The first kappa shape index (κ1) is 21.0. The van der Waals surface area contributed by atoms with Gasteiger partial charge in [-0.15, -0.1) is 0 Å². The summed E-state index contributed by atoms with van der Waals surface area (Å²) in [7, 11) is 0. The van der Waals surface area contributed by atoms with Gasteiger partial charge in [-0.1, -0.05) is 12.1 Å². The van der Waals surface area contributed by atoms with Crippen LogP contribution in [0.1, 0.15) is 13.8 Å². The molecule has 0 unspecified atom stereocenters. The zero-order valence-corrected chi connectivity index (χ0v) is 19.2. The van der Waals surface area contributed by atoms with Crippen LogP contribution >= 0.6 is 0 Å². The van der Waals surface area contributed by atoms with Crippen LogP contribution in [0.5, 0.6) is 0 Å². The summed E-state index contributed by atoms with van der Waals surface area (Å²) in [5, 5.41) is 12.6. The second-order valence-corrected chi connectivity index (χ2v) is 8.74. The fourth-order valence-corrected chi connectivity index (χ4v) is 4.33. The van der Waals surface area contributed by atoms with E-state index >= 15 is 0 Å². The Morgan fingerprint density at radius 3 is 2.63 bits per heavy atom. The zero-order chi connectivity index (χ0) is 23.9. The summed E-state index contributed by atoms with van der Waals surface area (Å²) < 4.78 is 14.5. The number of anilines is 1. The third-order valence-electron chi connectivity index (χ3n) is 5.88. The molecule has 6 rings (SSSR count). The molecular weight excluding hydrogens is 441 g/mol. The van der Waals surface area contributed by atoms with Crippen molar-refractivity contribution in [1.82, 2.24) is 30.1 Å². The van der Waals surface area contributed by atoms with Gasteiger partial charge in [-0.3, -0.25) is 15.1 Å². The van der Waals surface area contributed by atoms with Gasteiger partial charge in [-0.25, -0.2) is 9.37 Å². The SMILES string of the molecule is CC(C)Nc1cncc(-c2cnc3n[nH]c(-c4cc5c(-c6ccccc6F)nccc5[nH]4)c3c2)c1. The number of aromatic nitrogens is 6. The molecule has 0 atom stereocenters. The lowest BCUT2D eigenvalue weighted by Gasteiger charge is -2.10. The normalized spacial score (nSPS) is 11.5. The first-order chi connectivity index (χ1) is 17.1. The number of aromatic amines is 2. The third kappa shape index (κ3) is 3.78. The highest BCUT2D eigenvalue weighted by atomic mass is 19.1. The summed E-state index contributed by atoms with van der Waals surface area (Å²) in [6, 6.07) is 14.9. The van der Waals surface area contributed by atoms with Crippen molar-refractivity contribution in [2.24, 2.45) is 0 Å². The lowest BCUT2D eigenvalue weighted by Crippen LogP contribution is -2.09. The number of fused-ring (bicyclic) bond motifs is 2. The summed E-state index contributed by atoms with van der Waals surface area (Å²) in [6.45, 7) is 4.18. The van der Waals surface area contributed by atoms with Crippen molar-refractivity contribution in [3.8, 4) is 33.8 Å². The molecule has 7 nitrogen and oxygen atoms in total. The maximum absolute atomic E-state index is 14.5. The smallest absolute Gasteiger partial charge is 0.181 e. The molecule has 0 amide bonds. The highest BCUT2D eigenvalue weighted by Gasteiger charge is 2.16. The van der Waals surface area contributed by atoms with Gasteiger partial charge in [0, 0.05) is 63.8 Å². The topological polar surface area (TPSA) is 95.2 Å². The molecule has 0 radical (unpaired) electrons. The van der Waals surface area contributed by atoms with Crippen LogP contribution in [0, 0.1) is 5.82 Å². The van der Waals surface area contributed by atoms with Crippen LogP contribution in [-0.4, -0.2) is 36.2 Å². The molecule has 8 heteroatoms. The van der Waals surface area contributed by atoms with E-state index in [9.17, 15) is 4.39 Å². The Hall–Kier alpha value is -4.59. The fourth-order valence-electron chi connectivity index (χ4n) is 4.33. The van der Waals surface area contributed by atoms with Gasteiger partial charge in [0.2, 0.25) is 0 Å². The molecule has 5 aromatic heterocycles. The molecule has 3 N–H and O–H groups in total. The lowest BCUT2D eigenvalue weighted by atomic mass is 10.1. The molecule has 0 fully saturated rings. The van der Waals surface area contributed by atoms with Crippen molar-refractivity contribution >= 4 is 27.6 Å². The fraction of sp³-hybridized carbons (Fsp3) is 0.111. The third-order valence-corrected chi connectivity index (χ3v) is 5.88. The van der Waals surface area contributed by atoms with Crippen LogP contribution in [0.4, 0.5) is 10.1 Å². The van der Waals surface area contributed by atoms with E-state index in [-0.39, 0.29) is 5.82 Å². The van der Waals surface area contributed by atoms with E-state index in [0.717, 1.165) is 44.5 Å². The number of hydrogen-bond acceptors (Lipinski definition) is 5. The minimum atomic E-state index is -0.307. The van der Waals surface area contributed by atoms with Crippen LogP contribution in [-0.2, 0) is 0 Å². The van der Waals surface area contributed by atoms with Crippen LogP contribution < -0.4 is 5.32 Å². The quantitative estimate of drug-likeness (QED) is 0.283. The molecule has 35 heavy (non-hydrogen) atoms. The Kier molecular flexibility index (Phi) is 4.99. The first-order valence-electron chi connectivity index (χ1n) is 11.4. The maximum Gasteiger partial charge on any atom is 0.181 e. The van der Waals surface area contributed by atoms with Crippen molar-refractivity contribution < 1.29 is 4.39 Å². The average Bonchev–Trinajstić information content (AvgIpc) is 3.47. The highest BCUT2D eigenvalue weighted by molar-refractivity contribution is 6.00. The molecule has 5 heterocycles. The average molecular weight is 464 g/mol. The van der Waals surface area contributed by atoms with Gasteiger partial charge < -0.3 is 10.3 Å². The molecule has 0 aliphatic carbocycles. The molecule has 0 saturated carbocycles. The van der Waals surface area contributed by atoms with E-state index in [0.29, 0.717) is 22.9 Å². The van der Waals surface area contributed by atoms with E-state index in [4.69, 9.17) is 0 Å². The Bertz CT molecular complexity index is 1680. The van der Waals surface area contributed by atoms with Crippen LogP contribution in [0.2, 0.25) is 0 Å². The Balaban J connectivity index is 1.46. The number of nitrogens with one attached hydrogen (secondary N) is 3. The highest BCUT2D eigenvalue weighted by Crippen LogP contribution is 2.34. The van der Waals surface area contributed by atoms with E-state index in [1.165, 1.54) is 6.07 Å². The summed E-state index contributed by atoms with van der Waals surface area (Å²) >= 11 is 0. The van der Waals surface area contributed by atoms with Crippen molar-refractivity contribution in [2.45, 2.75) is 19.9 Å². The van der Waals surface area contributed by atoms with E-state index in [1.54, 1.807) is 24.5 Å². The molecule has 172 valence electrons. The number of H-pyrrole nitrogens is 2. The number of nitrogens with zero attached hydrogens (tertiary/aromatic N) is 4. The summed E-state index contributed by atoms with van der Waals surface area (Å²) in [4.78, 5) is 16.8. The number of pyridine rings is 3. The van der Waals surface area contributed by atoms with E-state index in [1.807, 2.05) is 30.6 Å². The van der Waals surface area contributed by atoms with Crippen LogP contribution in [0.3, 0.4) is 0 Å². The number of hydrogen-bond donors (Lipinski definition) is 3. The van der Waals surface area contributed by atoms with Crippen molar-refractivity contribution in [3.63, 3.8) is 0 Å². The van der Waals surface area contributed by atoms with Gasteiger partial charge in [-0.05, 0) is 50.2 Å². The van der Waals surface area contributed by atoms with E-state index < -0.39 is 0 Å². The Morgan fingerprint density at radius 1 is 0.914 bits per heavy atom. The number of rotatable bonds is 5. The van der Waals surface area contributed by atoms with Gasteiger partial charge in [0.15, 0.2) is 5.65 Å². The first-order valence-corrected chi connectivity index (χ1v) is 11.4. The standard InChI is InChI=1S/C27H22FN7/c1-15(2)32-18-9-16(12-29-14-18)17-10-21-26(34-35-27(21)31-13-17)24-11-20-23(33-24)7-8-30-25(20)19-5-3-4-6-22(19)28/h3-15,32-33H,1-2H3,(H,31,34,35). The van der Waals surface area contributed by atoms with Gasteiger partial charge in [0.1, 0.15) is 5.82 Å². The largest absolute Gasteiger partial charge is 0.382 e. The molecule has 0 bridgehead atoms. The lowest BCUT2D eigenvalue weighted by molar-refractivity contribution is 0.631. The van der Waals surface area contributed by atoms with Crippen LogP contribution in [0.25, 0.3) is 55.7 Å². The molecule has 1 aromatic carbocycles. The molecule has 0 aliphatic rings. The summed E-state index contributed by atoms with van der Waals surface area (Å²) in [5.74, 6) is -0.307. The number of benzene rings is 1. The van der Waals surface area contributed by atoms with Crippen molar-refractivity contribution in [2.75, 3.05) is 5.32 Å². The molecule has 0 saturated heterocycles. The van der Waals surface area contributed by atoms with Gasteiger partial charge >= 0.3 is 0 Å². The second kappa shape index (κ2) is 8.32. The van der Waals surface area contributed by atoms with Gasteiger partial charge in [-0.2, -0.15) is 5.10 Å². The molecule has 6 aromatic rings. The predicted octanol–water partition coefficient (Wildman–Crippen LogP) is 6.19. The maximum atomic E-state index is 14.5. The summed E-state index contributed by atoms with van der Waals surface area (Å²) in [6.07, 6.45) is 7.11. The van der Waals surface area contributed by atoms with Crippen LogP contribution in [0.15, 0.2) is 73.3 Å². The minimum absolute atomic E-state index is 0.305. The molecule has 0 aliphatic heterocycles. The minimum Gasteiger partial charge on any atom is -0.382 e. The zero-order valence-electron chi connectivity index (χ0n) is 19.2. The molecule has 0 spiro atoms. The number of halogens is 1. The van der Waals surface area contributed by atoms with Crippen molar-refractivity contribution in [1.29, 1.82) is 0 Å². The van der Waals surface area contributed by atoms with E-state index in [2.05, 4.69) is 61.4 Å². The predicted molar refractivity (Wildman–Crippen MR) is 136 cm³/mol. The Morgan fingerprint density at radius 2 is 1.77 bits per heavy atom. The second-order valence-electron chi connectivity index (χ2n) is 8.74. The molecular formula is C27H22FN7.